The molecular formula is C11H16ClN5O2. The number of nitrogens with two attached hydrogens (primary N) is 1. The lowest BCUT2D eigenvalue weighted by Crippen LogP contribution is -2.39. The van der Waals surface area contributed by atoms with E-state index in [2.05, 4.69) is 15.6 Å². The lowest BCUT2D eigenvalue weighted by Gasteiger charge is -2.12. The molecule has 0 unspecified atom stereocenters. The van der Waals surface area contributed by atoms with Gasteiger partial charge in [-0.1, -0.05) is 11.6 Å². The fourth-order valence-electron chi connectivity index (χ4n) is 1.25. The fourth-order valence-corrected chi connectivity index (χ4v) is 1.47. The van der Waals surface area contributed by atoms with Crippen LogP contribution in [0.4, 0.5) is 10.6 Å². The summed E-state index contributed by atoms with van der Waals surface area (Å²) >= 11 is 5.70. The van der Waals surface area contributed by atoms with Crippen LogP contribution in [0.25, 0.3) is 0 Å². The van der Waals surface area contributed by atoms with Gasteiger partial charge in [0.25, 0.3) is 5.91 Å². The number of halogens is 1. The van der Waals surface area contributed by atoms with Crippen molar-refractivity contribution in [2.75, 3.05) is 32.9 Å². The highest BCUT2D eigenvalue weighted by atomic mass is 35.5. The van der Waals surface area contributed by atoms with Crippen molar-refractivity contribution in [2.24, 2.45) is 0 Å². The molecule has 19 heavy (non-hydrogen) atoms. The van der Waals surface area contributed by atoms with Gasteiger partial charge in [0.2, 0.25) is 0 Å². The Hall–Kier alpha value is -2.02. The van der Waals surface area contributed by atoms with Crippen molar-refractivity contribution in [2.45, 2.75) is 0 Å². The Labute approximate surface area is 116 Å². The minimum Gasteiger partial charge on any atom is -0.384 e. The van der Waals surface area contributed by atoms with Gasteiger partial charge in [0.1, 0.15) is 11.0 Å². The number of pyridine rings is 1. The molecule has 1 rings (SSSR count). The third-order valence-electron chi connectivity index (χ3n) is 2.17. The van der Waals surface area contributed by atoms with Crippen LogP contribution in [0.15, 0.2) is 12.1 Å². The van der Waals surface area contributed by atoms with Crippen LogP contribution in [0.1, 0.15) is 10.4 Å². The van der Waals surface area contributed by atoms with Crippen LogP contribution in [0, 0.1) is 0 Å². The van der Waals surface area contributed by atoms with Crippen LogP contribution >= 0.6 is 11.6 Å². The lowest BCUT2D eigenvalue weighted by atomic mass is 10.2. The molecule has 0 aromatic carbocycles. The Kier molecular flexibility index (Phi) is 5.37. The summed E-state index contributed by atoms with van der Waals surface area (Å²) in [5.41, 5.74) is 5.82. The fraction of sp³-hybridized carbons (Fsp3) is 0.364. The SMILES string of the molecule is CN(C)C(=O)NCCNC(=O)c1cc(N)nc(Cl)c1. The van der Waals surface area contributed by atoms with E-state index in [9.17, 15) is 9.59 Å². The van der Waals surface area contributed by atoms with Crippen LogP contribution in [0.5, 0.6) is 0 Å². The summed E-state index contributed by atoms with van der Waals surface area (Å²) < 4.78 is 0. The first-order valence-electron chi connectivity index (χ1n) is 5.56. The number of hydrogen-bond donors (Lipinski definition) is 3. The quantitative estimate of drug-likeness (QED) is 0.548. The molecule has 0 fully saturated rings. The molecule has 1 heterocycles. The number of urea groups is 1. The molecule has 8 heteroatoms. The number of carbonyl (C=O) groups excluding carboxylic acids is 2. The molecule has 3 amide bonds. The molecule has 0 aliphatic rings. The van der Waals surface area contributed by atoms with Gasteiger partial charge in [-0.25, -0.2) is 9.78 Å². The standard InChI is InChI=1S/C11H16ClN5O2/c1-17(2)11(19)15-4-3-14-10(18)7-5-8(12)16-9(13)6-7/h5-6H,3-4H2,1-2H3,(H2,13,16)(H,14,18)(H,15,19). The highest BCUT2D eigenvalue weighted by molar-refractivity contribution is 6.29. The first-order chi connectivity index (χ1) is 8.90. The lowest BCUT2D eigenvalue weighted by molar-refractivity contribution is 0.0953. The maximum atomic E-state index is 11.8. The van der Waals surface area contributed by atoms with Crippen LogP contribution in [0.3, 0.4) is 0 Å². The van der Waals surface area contributed by atoms with Crippen molar-refractivity contribution in [3.05, 3.63) is 22.8 Å². The minimum atomic E-state index is -0.324. The summed E-state index contributed by atoms with van der Waals surface area (Å²) in [6, 6.07) is 2.64. The number of aromatic nitrogens is 1. The van der Waals surface area contributed by atoms with Crippen molar-refractivity contribution in [1.82, 2.24) is 20.5 Å². The number of hydrogen-bond acceptors (Lipinski definition) is 4. The number of nitrogens with one attached hydrogen (secondary N) is 2. The van der Waals surface area contributed by atoms with Gasteiger partial charge in [-0.05, 0) is 12.1 Å². The van der Waals surface area contributed by atoms with Crippen LogP contribution < -0.4 is 16.4 Å². The Morgan fingerprint density at radius 1 is 1.32 bits per heavy atom. The molecule has 0 bridgehead atoms. The molecule has 0 atom stereocenters. The summed E-state index contributed by atoms with van der Waals surface area (Å²) in [5.74, 6) is -0.145. The van der Waals surface area contributed by atoms with Gasteiger partial charge in [0, 0.05) is 32.7 Å². The van der Waals surface area contributed by atoms with Crippen LogP contribution in [-0.4, -0.2) is 49.0 Å². The van der Waals surface area contributed by atoms with Crippen molar-refractivity contribution >= 4 is 29.4 Å². The zero-order valence-electron chi connectivity index (χ0n) is 10.7. The third kappa shape index (κ3) is 5.01. The van der Waals surface area contributed by atoms with E-state index in [1.54, 1.807) is 14.1 Å². The van der Waals surface area contributed by atoms with Gasteiger partial charge in [-0.2, -0.15) is 0 Å². The number of nitrogens with zero attached hydrogens (tertiary/aromatic N) is 2. The number of anilines is 1. The zero-order valence-corrected chi connectivity index (χ0v) is 11.5. The molecule has 0 radical (unpaired) electrons. The molecule has 0 aliphatic heterocycles. The minimum absolute atomic E-state index is 0.158. The highest BCUT2D eigenvalue weighted by Crippen LogP contribution is 2.11. The summed E-state index contributed by atoms with van der Waals surface area (Å²) in [5, 5.41) is 5.41. The monoisotopic (exact) mass is 285 g/mol. The van der Waals surface area contributed by atoms with Crippen molar-refractivity contribution in [3.63, 3.8) is 0 Å². The molecule has 0 spiro atoms. The normalized spacial score (nSPS) is 9.84. The molecule has 1 aromatic rings. The average Bonchev–Trinajstić information content (AvgIpc) is 2.32. The van der Waals surface area contributed by atoms with Gasteiger partial charge in [0.15, 0.2) is 0 Å². The topological polar surface area (TPSA) is 100 Å². The number of nitrogen functional groups attached to an aromatic ring is 1. The van der Waals surface area contributed by atoms with E-state index in [1.807, 2.05) is 0 Å². The van der Waals surface area contributed by atoms with E-state index in [-0.39, 0.29) is 22.9 Å². The van der Waals surface area contributed by atoms with E-state index in [1.165, 1.54) is 17.0 Å². The van der Waals surface area contributed by atoms with Crippen LogP contribution in [-0.2, 0) is 0 Å². The van der Waals surface area contributed by atoms with Gasteiger partial charge in [-0.3, -0.25) is 4.79 Å². The smallest absolute Gasteiger partial charge is 0.316 e. The van der Waals surface area contributed by atoms with E-state index in [0.717, 1.165) is 0 Å². The molecule has 7 nitrogen and oxygen atoms in total. The second-order valence-corrected chi connectivity index (χ2v) is 4.37. The Bertz CT molecular complexity index is 458. The molecule has 0 saturated heterocycles. The summed E-state index contributed by atoms with van der Waals surface area (Å²) in [6.45, 7) is 0.634. The molecule has 104 valence electrons. The molecular weight excluding hydrogens is 270 g/mol. The molecule has 0 aliphatic carbocycles. The largest absolute Gasteiger partial charge is 0.384 e. The Balaban J connectivity index is 2.41. The molecule has 1 aromatic heterocycles. The second kappa shape index (κ2) is 6.79. The van der Waals surface area contributed by atoms with Crippen LogP contribution in [0.2, 0.25) is 5.15 Å². The summed E-state index contributed by atoms with van der Waals surface area (Å²) in [4.78, 5) is 28.1. The van der Waals surface area contributed by atoms with Gasteiger partial charge in [0.05, 0.1) is 0 Å². The maximum Gasteiger partial charge on any atom is 0.316 e. The highest BCUT2D eigenvalue weighted by Gasteiger charge is 2.08. The first-order valence-corrected chi connectivity index (χ1v) is 5.94. The first kappa shape index (κ1) is 15.0. The third-order valence-corrected chi connectivity index (χ3v) is 2.36. The maximum absolute atomic E-state index is 11.8. The van der Waals surface area contributed by atoms with Crippen molar-refractivity contribution in [3.8, 4) is 0 Å². The Morgan fingerprint density at radius 2 is 1.95 bits per heavy atom. The van der Waals surface area contributed by atoms with E-state index >= 15 is 0 Å². The summed E-state index contributed by atoms with van der Waals surface area (Å²) in [6.07, 6.45) is 0. The predicted molar refractivity (Wildman–Crippen MR) is 73.1 cm³/mol. The average molecular weight is 286 g/mol. The zero-order chi connectivity index (χ0) is 14.4. The number of rotatable bonds is 4. The van der Waals surface area contributed by atoms with Gasteiger partial charge >= 0.3 is 6.03 Å². The molecule has 4 N–H and O–H groups in total. The predicted octanol–water partition coefficient (Wildman–Crippen LogP) is 0.318. The number of amides is 3. The van der Waals surface area contributed by atoms with Crippen molar-refractivity contribution in [1.29, 1.82) is 0 Å². The summed E-state index contributed by atoms with van der Waals surface area (Å²) in [7, 11) is 3.27. The Morgan fingerprint density at radius 3 is 2.53 bits per heavy atom. The van der Waals surface area contributed by atoms with E-state index in [0.29, 0.717) is 18.7 Å². The van der Waals surface area contributed by atoms with E-state index in [4.69, 9.17) is 17.3 Å². The molecule has 0 saturated carbocycles. The van der Waals surface area contributed by atoms with Crippen molar-refractivity contribution < 1.29 is 9.59 Å². The second-order valence-electron chi connectivity index (χ2n) is 3.99. The van der Waals surface area contributed by atoms with Gasteiger partial charge < -0.3 is 21.3 Å². The number of carbonyl (C=O) groups is 2. The van der Waals surface area contributed by atoms with E-state index < -0.39 is 0 Å². The van der Waals surface area contributed by atoms with Gasteiger partial charge in [-0.15, -0.1) is 0 Å².